The van der Waals surface area contributed by atoms with Gasteiger partial charge in [-0.3, -0.25) is 0 Å². The standard InChI is InChI=1S/C19H38B/c1-15-12-16(14-18(2,3)4)10-8-9-11-17(13-15)20-19(5,6)7/h15-17H,8-14H2,1-7H3. The lowest BCUT2D eigenvalue weighted by atomic mass is 9.45. The van der Waals surface area contributed by atoms with Crippen LogP contribution in [0.2, 0.25) is 11.1 Å². The molecule has 3 atom stereocenters. The first-order valence-corrected chi connectivity index (χ1v) is 8.91. The van der Waals surface area contributed by atoms with E-state index in [1.54, 1.807) is 0 Å². The maximum absolute atomic E-state index is 2.63. The monoisotopic (exact) mass is 277 g/mol. The van der Waals surface area contributed by atoms with Gasteiger partial charge in [0, 0.05) is 0 Å². The molecule has 0 heterocycles. The first-order valence-electron chi connectivity index (χ1n) is 8.91. The predicted octanol–water partition coefficient (Wildman–Crippen LogP) is 6.74. The Labute approximate surface area is 129 Å². The highest BCUT2D eigenvalue weighted by Crippen LogP contribution is 2.39. The van der Waals surface area contributed by atoms with Crippen molar-refractivity contribution in [3.05, 3.63) is 0 Å². The summed E-state index contributed by atoms with van der Waals surface area (Å²) in [6.07, 6.45) is 10.0. The SMILES string of the molecule is CC1CC([B]C(C)(C)C)CCCCC(CC(C)(C)C)C1. The molecule has 0 N–H and O–H groups in total. The highest BCUT2D eigenvalue weighted by Gasteiger charge is 2.26. The molecular formula is C19H38B. The van der Waals surface area contributed by atoms with Crippen LogP contribution in [0.3, 0.4) is 0 Å². The molecule has 0 aromatic rings. The Hall–Kier alpha value is 0.0649. The van der Waals surface area contributed by atoms with Crippen LogP contribution in [0, 0.1) is 17.3 Å². The van der Waals surface area contributed by atoms with Gasteiger partial charge in [0.15, 0.2) is 0 Å². The zero-order valence-corrected chi connectivity index (χ0v) is 15.3. The summed E-state index contributed by atoms with van der Waals surface area (Å²) in [4.78, 5) is 0. The molecule has 1 heteroatoms. The number of hydrogen-bond acceptors (Lipinski definition) is 0. The van der Waals surface area contributed by atoms with Gasteiger partial charge >= 0.3 is 0 Å². The molecule has 0 aromatic carbocycles. The molecule has 117 valence electrons. The second-order valence-corrected chi connectivity index (χ2v) is 9.78. The lowest BCUT2D eigenvalue weighted by molar-refractivity contribution is 0.243. The minimum atomic E-state index is 0.378. The van der Waals surface area contributed by atoms with E-state index in [0.29, 0.717) is 10.7 Å². The summed E-state index contributed by atoms with van der Waals surface area (Å²) in [5.74, 6) is 2.70. The second kappa shape index (κ2) is 7.36. The van der Waals surface area contributed by atoms with Crippen molar-refractivity contribution in [3.63, 3.8) is 0 Å². The van der Waals surface area contributed by atoms with Crippen LogP contribution in [0.5, 0.6) is 0 Å². The summed E-state index contributed by atoms with van der Waals surface area (Å²) in [7, 11) is 2.63. The quantitative estimate of drug-likeness (QED) is 0.490. The molecule has 0 bridgehead atoms. The summed E-state index contributed by atoms with van der Waals surface area (Å²) in [6, 6.07) is 0. The molecule has 0 nitrogen and oxygen atoms in total. The van der Waals surface area contributed by atoms with Crippen molar-refractivity contribution < 1.29 is 0 Å². The summed E-state index contributed by atoms with van der Waals surface area (Å²) < 4.78 is 0. The van der Waals surface area contributed by atoms with Crippen LogP contribution in [0.4, 0.5) is 0 Å². The van der Waals surface area contributed by atoms with Gasteiger partial charge in [0.1, 0.15) is 7.28 Å². The van der Waals surface area contributed by atoms with Crippen LogP contribution < -0.4 is 0 Å². The Morgan fingerprint density at radius 3 is 2.05 bits per heavy atom. The van der Waals surface area contributed by atoms with Crippen molar-refractivity contribution in [2.75, 3.05) is 0 Å². The Bertz CT molecular complexity index is 240. The molecule has 3 unspecified atom stereocenters. The van der Waals surface area contributed by atoms with Gasteiger partial charge in [0.25, 0.3) is 0 Å². The van der Waals surface area contributed by atoms with Crippen molar-refractivity contribution in [3.8, 4) is 0 Å². The second-order valence-electron chi connectivity index (χ2n) is 9.78. The molecule has 20 heavy (non-hydrogen) atoms. The van der Waals surface area contributed by atoms with Gasteiger partial charge < -0.3 is 0 Å². The third kappa shape index (κ3) is 8.37. The molecule has 1 aliphatic carbocycles. The molecule has 1 rings (SSSR count). The van der Waals surface area contributed by atoms with E-state index in [2.05, 4.69) is 55.7 Å². The minimum Gasteiger partial charge on any atom is -0.0680 e. The molecule has 1 fully saturated rings. The van der Waals surface area contributed by atoms with Crippen LogP contribution in [0.1, 0.15) is 93.4 Å². The molecule has 0 aliphatic heterocycles. The summed E-state index contributed by atoms with van der Waals surface area (Å²) in [6.45, 7) is 16.8. The van der Waals surface area contributed by atoms with E-state index in [-0.39, 0.29) is 0 Å². The molecule has 0 saturated heterocycles. The lowest BCUT2D eigenvalue weighted by Gasteiger charge is -2.29. The topological polar surface area (TPSA) is 0 Å². The number of hydrogen-bond donors (Lipinski definition) is 0. The Kier molecular flexibility index (Phi) is 6.67. The molecule has 0 aromatic heterocycles. The molecule has 1 aliphatic rings. The van der Waals surface area contributed by atoms with E-state index >= 15 is 0 Å². The Morgan fingerprint density at radius 1 is 0.900 bits per heavy atom. The fourth-order valence-electron chi connectivity index (χ4n) is 4.17. The van der Waals surface area contributed by atoms with E-state index in [4.69, 9.17) is 0 Å². The molecular weight excluding hydrogens is 239 g/mol. The average Bonchev–Trinajstić information content (AvgIpc) is 2.24. The first kappa shape index (κ1) is 18.1. The van der Waals surface area contributed by atoms with Gasteiger partial charge in [0.05, 0.1) is 0 Å². The molecule has 0 amide bonds. The van der Waals surface area contributed by atoms with Gasteiger partial charge in [-0.05, 0) is 30.1 Å². The van der Waals surface area contributed by atoms with Crippen LogP contribution in [-0.4, -0.2) is 7.28 Å². The fraction of sp³-hybridized carbons (Fsp3) is 1.00. The van der Waals surface area contributed by atoms with E-state index in [1.165, 1.54) is 44.9 Å². The average molecular weight is 277 g/mol. The third-order valence-electron chi connectivity index (χ3n) is 4.51. The Balaban J connectivity index is 2.57. The zero-order chi connectivity index (χ0) is 15.4. The van der Waals surface area contributed by atoms with Crippen LogP contribution in [0.15, 0.2) is 0 Å². The highest BCUT2D eigenvalue weighted by atomic mass is 14.3. The van der Waals surface area contributed by atoms with Crippen molar-refractivity contribution in [1.82, 2.24) is 0 Å². The maximum atomic E-state index is 2.63. The van der Waals surface area contributed by atoms with Gasteiger partial charge in [-0.25, -0.2) is 0 Å². The summed E-state index contributed by atoms with van der Waals surface area (Å²) in [5.41, 5.74) is 0.495. The van der Waals surface area contributed by atoms with E-state index in [1.807, 2.05) is 0 Å². The van der Waals surface area contributed by atoms with Crippen molar-refractivity contribution >= 4 is 7.28 Å². The van der Waals surface area contributed by atoms with E-state index in [9.17, 15) is 0 Å². The summed E-state index contributed by atoms with van der Waals surface area (Å²) >= 11 is 0. The normalized spacial score (nSPS) is 30.2. The smallest absolute Gasteiger partial charge is 0.0680 e. The maximum Gasteiger partial charge on any atom is 0.120 e. The lowest BCUT2D eigenvalue weighted by Crippen LogP contribution is -2.19. The fourth-order valence-corrected chi connectivity index (χ4v) is 4.17. The van der Waals surface area contributed by atoms with Crippen molar-refractivity contribution in [2.24, 2.45) is 17.3 Å². The van der Waals surface area contributed by atoms with Crippen molar-refractivity contribution in [2.45, 2.75) is 105 Å². The van der Waals surface area contributed by atoms with E-state index < -0.39 is 0 Å². The van der Waals surface area contributed by atoms with Crippen LogP contribution in [0.25, 0.3) is 0 Å². The number of rotatable bonds is 2. The third-order valence-corrected chi connectivity index (χ3v) is 4.51. The zero-order valence-electron chi connectivity index (χ0n) is 15.3. The molecule has 1 saturated carbocycles. The van der Waals surface area contributed by atoms with E-state index in [0.717, 1.165) is 17.7 Å². The predicted molar refractivity (Wildman–Crippen MR) is 93.6 cm³/mol. The molecule has 1 radical (unpaired) electrons. The van der Waals surface area contributed by atoms with Crippen LogP contribution >= 0.6 is 0 Å². The first-order chi connectivity index (χ1) is 9.05. The largest absolute Gasteiger partial charge is 0.120 e. The van der Waals surface area contributed by atoms with Gasteiger partial charge in [-0.2, -0.15) is 0 Å². The minimum absolute atomic E-state index is 0.378. The Morgan fingerprint density at radius 2 is 1.50 bits per heavy atom. The van der Waals surface area contributed by atoms with Gasteiger partial charge in [0.2, 0.25) is 0 Å². The molecule has 0 spiro atoms. The van der Waals surface area contributed by atoms with Crippen molar-refractivity contribution in [1.29, 1.82) is 0 Å². The summed E-state index contributed by atoms with van der Waals surface area (Å²) in [5, 5.41) is 0.378. The van der Waals surface area contributed by atoms with Gasteiger partial charge in [-0.15, -0.1) is 0 Å². The highest BCUT2D eigenvalue weighted by molar-refractivity contribution is 6.41. The van der Waals surface area contributed by atoms with Gasteiger partial charge in [-0.1, -0.05) is 91.7 Å². The van der Waals surface area contributed by atoms with Crippen LogP contribution in [-0.2, 0) is 0 Å².